The van der Waals surface area contributed by atoms with Crippen LogP contribution >= 0.6 is 0 Å². The highest BCUT2D eigenvalue weighted by Crippen LogP contribution is 2.44. The number of pyridine rings is 4. The Morgan fingerprint density at radius 1 is 0.617 bits per heavy atom. The summed E-state index contributed by atoms with van der Waals surface area (Å²) in [6, 6.07) is 7.11. The Morgan fingerprint density at radius 3 is 1.30 bits per heavy atom. The van der Waals surface area contributed by atoms with Crippen molar-refractivity contribution in [3.8, 4) is 0 Å². The Balaban J connectivity index is 0.000000228. The van der Waals surface area contributed by atoms with Gasteiger partial charge in [-0.25, -0.2) is 17.6 Å². The number of nitrogens with one attached hydrogen (secondary N) is 2. The Kier molecular flexibility index (Phi) is 13.2. The fraction of sp³-hybridized carbons (Fsp3) is 0.350. The summed E-state index contributed by atoms with van der Waals surface area (Å²) in [5, 5.41) is 4.69. The third-order valence-electron chi connectivity index (χ3n) is 10.2. The molecular weight excluding hydrogens is 792 g/mol. The highest BCUT2D eigenvalue weighted by atomic mass is 19.3. The van der Waals surface area contributed by atoms with E-state index in [2.05, 4.69) is 30.6 Å². The zero-order chi connectivity index (χ0) is 44.1. The average Bonchev–Trinajstić information content (AvgIpc) is 3.20. The molecule has 20 heteroatoms. The lowest BCUT2D eigenvalue weighted by molar-refractivity contribution is -0.159. The lowest BCUT2D eigenvalue weighted by Crippen LogP contribution is -2.52. The third kappa shape index (κ3) is 10.4. The monoisotopic (exact) mass is 834 g/mol. The summed E-state index contributed by atoms with van der Waals surface area (Å²) in [4.78, 5) is 91.4. The van der Waals surface area contributed by atoms with Gasteiger partial charge in [0.05, 0.1) is 47.0 Å². The maximum atomic E-state index is 14.4. The van der Waals surface area contributed by atoms with Crippen LogP contribution in [0.25, 0.3) is 0 Å². The first-order valence-corrected chi connectivity index (χ1v) is 18.5. The number of primary amides is 2. The molecule has 0 saturated carbocycles. The summed E-state index contributed by atoms with van der Waals surface area (Å²) in [5.74, 6) is -13.7. The molecule has 0 aromatic carbocycles. The van der Waals surface area contributed by atoms with Crippen LogP contribution in [0.15, 0.2) is 73.6 Å². The van der Waals surface area contributed by atoms with Gasteiger partial charge in [-0.05, 0) is 49.2 Å². The fourth-order valence-electron chi connectivity index (χ4n) is 6.56. The number of rotatable bonds is 6. The van der Waals surface area contributed by atoms with E-state index < -0.39 is 84.0 Å². The molecule has 0 radical (unpaired) electrons. The van der Waals surface area contributed by atoms with Crippen molar-refractivity contribution >= 4 is 46.8 Å². The van der Waals surface area contributed by atoms with E-state index in [1.807, 2.05) is 0 Å². The number of amides is 6. The predicted molar refractivity (Wildman–Crippen MR) is 207 cm³/mol. The van der Waals surface area contributed by atoms with Gasteiger partial charge in [0, 0.05) is 73.9 Å². The van der Waals surface area contributed by atoms with E-state index in [1.54, 1.807) is 38.1 Å². The van der Waals surface area contributed by atoms with E-state index in [-0.39, 0.29) is 35.6 Å². The molecule has 0 spiro atoms. The smallest absolute Gasteiger partial charge is 0.313 e. The number of carbonyl (C=O) groups is 6. The normalized spacial score (nSPS) is 20.5. The van der Waals surface area contributed by atoms with E-state index in [4.69, 9.17) is 11.5 Å². The number of aromatic nitrogens is 4. The van der Waals surface area contributed by atoms with Crippen molar-refractivity contribution in [2.75, 3.05) is 23.7 Å². The molecule has 0 bridgehead atoms. The summed E-state index contributed by atoms with van der Waals surface area (Å²) in [6.45, 7) is 5.59. The van der Waals surface area contributed by atoms with E-state index in [9.17, 15) is 46.3 Å². The maximum absolute atomic E-state index is 14.4. The molecule has 0 unspecified atom stereocenters. The molecule has 316 valence electrons. The molecule has 2 saturated heterocycles. The molecule has 4 aromatic rings. The Labute approximate surface area is 341 Å². The van der Waals surface area contributed by atoms with Crippen LogP contribution in [-0.2, 0) is 19.2 Å². The Morgan fingerprint density at radius 2 is 0.983 bits per heavy atom. The lowest BCUT2D eigenvalue weighted by Gasteiger charge is -2.42. The first-order valence-electron chi connectivity index (χ1n) is 18.5. The van der Waals surface area contributed by atoms with Gasteiger partial charge in [0.1, 0.15) is 0 Å². The molecular formula is C40H42F4N10O6. The number of aryl methyl sites for hydroxylation is 2. The molecule has 0 aliphatic carbocycles. The van der Waals surface area contributed by atoms with Gasteiger partial charge in [0.2, 0.25) is 11.8 Å². The lowest BCUT2D eigenvalue weighted by atomic mass is 9.87. The number of alkyl halides is 4. The van der Waals surface area contributed by atoms with Crippen LogP contribution in [-0.4, -0.2) is 90.1 Å². The molecule has 6 heterocycles. The van der Waals surface area contributed by atoms with Crippen molar-refractivity contribution in [2.45, 2.75) is 64.5 Å². The highest BCUT2D eigenvalue weighted by molar-refractivity contribution is 6.40. The van der Waals surface area contributed by atoms with Crippen LogP contribution in [0.1, 0.15) is 82.0 Å². The van der Waals surface area contributed by atoms with Crippen molar-refractivity contribution in [3.05, 3.63) is 107 Å². The van der Waals surface area contributed by atoms with Gasteiger partial charge in [-0.15, -0.1) is 0 Å². The largest absolute Gasteiger partial charge is 0.366 e. The minimum absolute atomic E-state index is 0.0510. The molecule has 2 fully saturated rings. The predicted octanol–water partition coefficient (Wildman–Crippen LogP) is 4.13. The highest BCUT2D eigenvalue weighted by Gasteiger charge is 2.50. The summed E-state index contributed by atoms with van der Waals surface area (Å²) < 4.78 is 57.6. The zero-order valence-corrected chi connectivity index (χ0v) is 32.9. The number of anilines is 2. The van der Waals surface area contributed by atoms with Gasteiger partial charge in [-0.2, -0.15) is 0 Å². The zero-order valence-electron chi connectivity index (χ0n) is 32.9. The molecule has 6 N–H and O–H groups in total. The average molecular weight is 835 g/mol. The maximum Gasteiger partial charge on any atom is 0.313 e. The van der Waals surface area contributed by atoms with Gasteiger partial charge < -0.3 is 31.9 Å². The topological polar surface area (TPSA) is 237 Å². The minimum atomic E-state index is -3.00. The molecule has 6 amide bonds. The van der Waals surface area contributed by atoms with Crippen LogP contribution < -0.4 is 22.1 Å². The van der Waals surface area contributed by atoms with Crippen LogP contribution in [0.5, 0.6) is 0 Å². The van der Waals surface area contributed by atoms with Crippen LogP contribution in [0.3, 0.4) is 0 Å². The van der Waals surface area contributed by atoms with E-state index in [0.717, 1.165) is 9.80 Å². The number of hydrogen-bond donors (Lipinski definition) is 4. The number of hydrogen-bond acceptors (Lipinski definition) is 10. The summed E-state index contributed by atoms with van der Waals surface area (Å²) in [5.41, 5.74) is 12.9. The van der Waals surface area contributed by atoms with Gasteiger partial charge in [-0.1, -0.05) is 26.0 Å². The standard InChI is InChI=1S/2C20H21F2N5O3/c2*1-11-10-27(16(6-20(11,21)22)13-4-3-12(2)25-8-13)19(30)18(29)26-15-5-14(17(23)28)7-24-9-15/h2*3-5,7-9,11,16H,6,10H2,1-2H3,(H2,23,28)(H,26,29)/t2*11-,16-/m10/s1. The molecule has 2 aliphatic rings. The first kappa shape index (κ1) is 44.2. The molecule has 16 nitrogen and oxygen atoms in total. The SMILES string of the molecule is Cc1ccc([C@@H]2CC(F)(F)[C@@H](C)CN2C(=O)C(=O)Nc2cncc(C(N)=O)c2)cn1.Cc1ccc([C@H]2CC(F)(F)[C@H](C)CN2C(=O)C(=O)Nc2cncc(C(N)=O)c2)cn1. The Hall–Kier alpha value is -6.86. The summed E-state index contributed by atoms with van der Waals surface area (Å²) in [7, 11) is 0. The summed E-state index contributed by atoms with van der Waals surface area (Å²) in [6.07, 6.45) is 6.56. The quantitative estimate of drug-likeness (QED) is 0.160. The minimum Gasteiger partial charge on any atom is -0.366 e. The molecule has 4 atom stereocenters. The van der Waals surface area contributed by atoms with Gasteiger partial charge >= 0.3 is 23.6 Å². The van der Waals surface area contributed by atoms with Crippen molar-refractivity contribution in [1.82, 2.24) is 29.7 Å². The van der Waals surface area contributed by atoms with Crippen molar-refractivity contribution in [2.24, 2.45) is 23.3 Å². The van der Waals surface area contributed by atoms with Crippen molar-refractivity contribution in [3.63, 3.8) is 0 Å². The van der Waals surface area contributed by atoms with E-state index >= 15 is 0 Å². The van der Waals surface area contributed by atoms with Crippen LogP contribution in [0, 0.1) is 25.7 Å². The van der Waals surface area contributed by atoms with Gasteiger partial charge in [-0.3, -0.25) is 48.7 Å². The Bertz CT molecular complexity index is 2120. The van der Waals surface area contributed by atoms with E-state index in [1.165, 1.54) is 63.2 Å². The second-order valence-electron chi connectivity index (χ2n) is 14.7. The molecule has 4 aromatic heterocycles. The van der Waals surface area contributed by atoms with Crippen LogP contribution in [0.4, 0.5) is 28.9 Å². The van der Waals surface area contributed by atoms with E-state index in [0.29, 0.717) is 22.5 Å². The third-order valence-corrected chi connectivity index (χ3v) is 10.2. The number of likely N-dealkylation sites (tertiary alicyclic amines) is 2. The van der Waals surface area contributed by atoms with Crippen LogP contribution in [0.2, 0.25) is 0 Å². The summed E-state index contributed by atoms with van der Waals surface area (Å²) >= 11 is 0. The van der Waals surface area contributed by atoms with Gasteiger partial charge in [0.25, 0.3) is 11.8 Å². The fourth-order valence-corrected chi connectivity index (χ4v) is 6.56. The second-order valence-corrected chi connectivity index (χ2v) is 14.7. The molecule has 60 heavy (non-hydrogen) atoms. The molecule has 6 rings (SSSR count). The van der Waals surface area contributed by atoms with Gasteiger partial charge in [0.15, 0.2) is 0 Å². The first-order chi connectivity index (χ1) is 28.2. The number of carbonyl (C=O) groups excluding carboxylic acids is 6. The number of nitrogens with zero attached hydrogens (tertiary/aromatic N) is 6. The second kappa shape index (κ2) is 18.0. The number of piperidine rings is 2. The van der Waals surface area contributed by atoms with Crippen molar-refractivity contribution < 1.29 is 46.3 Å². The number of nitrogens with two attached hydrogens (primary N) is 2. The number of halogens is 4. The molecule has 2 aliphatic heterocycles. The van der Waals surface area contributed by atoms with Crippen molar-refractivity contribution in [1.29, 1.82) is 0 Å².